The van der Waals surface area contributed by atoms with Crippen molar-refractivity contribution in [3.8, 4) is 0 Å². The van der Waals surface area contributed by atoms with E-state index < -0.39 is 0 Å². The molecule has 0 saturated carbocycles. The highest BCUT2D eigenvalue weighted by atomic mass is 79.9. The first-order valence-electron chi connectivity index (χ1n) is 6.39. The molecule has 0 fully saturated rings. The predicted molar refractivity (Wildman–Crippen MR) is 88.0 cm³/mol. The van der Waals surface area contributed by atoms with Crippen LogP contribution in [0.1, 0.15) is 30.3 Å². The molecule has 1 atom stereocenters. The number of rotatable bonds is 5. The fraction of sp³-hybridized carbons (Fsp3) is 0.267. The van der Waals surface area contributed by atoms with Crippen LogP contribution in [-0.4, -0.2) is 5.91 Å². The number of nitrogens with one attached hydrogen (secondary N) is 2. The van der Waals surface area contributed by atoms with E-state index in [1.165, 1.54) is 12.5 Å². The van der Waals surface area contributed by atoms with Gasteiger partial charge in [0.25, 0.3) is 0 Å². The van der Waals surface area contributed by atoms with Crippen molar-refractivity contribution in [3.63, 3.8) is 0 Å². The topological polar surface area (TPSA) is 41.1 Å². The third-order valence-corrected chi connectivity index (χ3v) is 4.44. The van der Waals surface area contributed by atoms with Crippen molar-refractivity contribution in [1.82, 2.24) is 5.32 Å². The molecule has 2 aromatic rings. The standard InChI is InChI=1S/C15H17BrN2OS/c1-10(12-3-5-13(16)6-4-12)17-9-15-14(7-8-20-15)18-11(2)19/h3-8,10,17H,9H2,1-2H3,(H,18,19). The summed E-state index contributed by atoms with van der Waals surface area (Å²) in [5.74, 6) is -0.0365. The lowest BCUT2D eigenvalue weighted by Gasteiger charge is -2.14. The number of thiophene rings is 1. The fourth-order valence-electron chi connectivity index (χ4n) is 1.89. The number of benzene rings is 1. The Morgan fingerprint density at radius 3 is 2.65 bits per heavy atom. The summed E-state index contributed by atoms with van der Waals surface area (Å²) in [6, 6.07) is 10.5. The zero-order valence-corrected chi connectivity index (χ0v) is 13.8. The van der Waals surface area contributed by atoms with Gasteiger partial charge < -0.3 is 10.6 Å². The highest BCUT2D eigenvalue weighted by Crippen LogP contribution is 2.23. The molecule has 0 aliphatic rings. The third-order valence-electron chi connectivity index (χ3n) is 2.99. The minimum Gasteiger partial charge on any atom is -0.325 e. The number of carbonyl (C=O) groups excluding carboxylic acids is 1. The van der Waals surface area contributed by atoms with E-state index in [4.69, 9.17) is 0 Å². The number of hydrogen-bond acceptors (Lipinski definition) is 3. The van der Waals surface area contributed by atoms with Gasteiger partial charge in [-0.15, -0.1) is 11.3 Å². The van der Waals surface area contributed by atoms with Crippen LogP contribution in [0.15, 0.2) is 40.2 Å². The first kappa shape index (κ1) is 15.2. The van der Waals surface area contributed by atoms with E-state index in [1.807, 2.05) is 23.6 Å². The fourth-order valence-corrected chi connectivity index (χ4v) is 2.94. The number of anilines is 1. The maximum atomic E-state index is 11.1. The van der Waals surface area contributed by atoms with Crippen molar-refractivity contribution in [2.24, 2.45) is 0 Å². The minimum absolute atomic E-state index is 0.0365. The van der Waals surface area contributed by atoms with Crippen LogP contribution < -0.4 is 10.6 Å². The van der Waals surface area contributed by atoms with Gasteiger partial charge in [-0.25, -0.2) is 0 Å². The Labute approximate surface area is 131 Å². The molecular formula is C15H17BrN2OS. The van der Waals surface area contributed by atoms with Crippen LogP contribution in [0.4, 0.5) is 5.69 Å². The minimum atomic E-state index is -0.0365. The van der Waals surface area contributed by atoms with Crippen molar-refractivity contribution >= 4 is 38.9 Å². The van der Waals surface area contributed by atoms with E-state index in [9.17, 15) is 4.79 Å². The molecule has 1 heterocycles. The van der Waals surface area contributed by atoms with Crippen LogP contribution in [0, 0.1) is 0 Å². The predicted octanol–water partition coefficient (Wildman–Crippen LogP) is 4.32. The van der Waals surface area contributed by atoms with Crippen molar-refractivity contribution in [2.75, 3.05) is 5.32 Å². The van der Waals surface area contributed by atoms with Gasteiger partial charge in [-0.3, -0.25) is 4.79 Å². The average molecular weight is 353 g/mol. The number of halogens is 1. The summed E-state index contributed by atoms with van der Waals surface area (Å²) in [7, 11) is 0. The van der Waals surface area contributed by atoms with E-state index in [0.717, 1.165) is 21.6 Å². The smallest absolute Gasteiger partial charge is 0.221 e. The Hall–Kier alpha value is -1.17. The van der Waals surface area contributed by atoms with Crippen molar-refractivity contribution in [2.45, 2.75) is 26.4 Å². The zero-order valence-electron chi connectivity index (χ0n) is 11.4. The molecule has 20 heavy (non-hydrogen) atoms. The third kappa shape index (κ3) is 4.16. The van der Waals surface area contributed by atoms with Gasteiger partial charge in [-0.2, -0.15) is 0 Å². The Bertz CT molecular complexity index is 580. The zero-order chi connectivity index (χ0) is 14.5. The molecule has 2 N–H and O–H groups in total. The van der Waals surface area contributed by atoms with Crippen molar-refractivity contribution in [1.29, 1.82) is 0 Å². The van der Waals surface area contributed by atoms with Gasteiger partial charge in [0.05, 0.1) is 5.69 Å². The van der Waals surface area contributed by atoms with Gasteiger partial charge in [0.1, 0.15) is 0 Å². The Kier molecular flexibility index (Phi) is 5.34. The van der Waals surface area contributed by atoms with Gasteiger partial charge in [0, 0.05) is 28.9 Å². The molecule has 0 spiro atoms. The van der Waals surface area contributed by atoms with Gasteiger partial charge in [0.15, 0.2) is 0 Å². The molecule has 1 aromatic carbocycles. The summed E-state index contributed by atoms with van der Waals surface area (Å²) in [6.07, 6.45) is 0. The lowest BCUT2D eigenvalue weighted by atomic mass is 10.1. The van der Waals surface area contributed by atoms with E-state index in [0.29, 0.717) is 0 Å². The number of carbonyl (C=O) groups is 1. The second-order valence-electron chi connectivity index (χ2n) is 4.59. The first-order chi connectivity index (χ1) is 9.56. The largest absolute Gasteiger partial charge is 0.325 e. The van der Waals surface area contributed by atoms with Crippen LogP contribution in [0.5, 0.6) is 0 Å². The lowest BCUT2D eigenvalue weighted by Crippen LogP contribution is -2.18. The molecule has 1 unspecified atom stereocenters. The van der Waals surface area contributed by atoms with Crippen LogP contribution in [-0.2, 0) is 11.3 Å². The van der Waals surface area contributed by atoms with Gasteiger partial charge in [-0.1, -0.05) is 28.1 Å². The second kappa shape index (κ2) is 7.02. The summed E-state index contributed by atoms with van der Waals surface area (Å²) in [5.41, 5.74) is 2.14. The highest BCUT2D eigenvalue weighted by molar-refractivity contribution is 9.10. The van der Waals surface area contributed by atoms with Crippen molar-refractivity contribution < 1.29 is 4.79 Å². The molecule has 1 aromatic heterocycles. The van der Waals surface area contributed by atoms with Crippen molar-refractivity contribution in [3.05, 3.63) is 50.6 Å². The van der Waals surface area contributed by atoms with Gasteiger partial charge in [-0.05, 0) is 36.1 Å². The molecule has 3 nitrogen and oxygen atoms in total. The van der Waals surface area contributed by atoms with Crippen LogP contribution in [0.25, 0.3) is 0 Å². The normalized spacial score (nSPS) is 12.2. The molecular weight excluding hydrogens is 336 g/mol. The van der Waals surface area contributed by atoms with E-state index >= 15 is 0 Å². The van der Waals surface area contributed by atoms with Gasteiger partial charge in [0.2, 0.25) is 5.91 Å². The molecule has 1 amide bonds. The number of amides is 1. The Morgan fingerprint density at radius 2 is 2.00 bits per heavy atom. The van der Waals surface area contributed by atoms with Crippen LogP contribution in [0.3, 0.4) is 0 Å². The van der Waals surface area contributed by atoms with E-state index in [2.05, 4.69) is 45.6 Å². The molecule has 106 valence electrons. The summed E-state index contributed by atoms with van der Waals surface area (Å²) in [5, 5.41) is 8.32. The average Bonchev–Trinajstić information content (AvgIpc) is 2.83. The Morgan fingerprint density at radius 1 is 1.30 bits per heavy atom. The SMILES string of the molecule is CC(=O)Nc1ccsc1CNC(C)c1ccc(Br)cc1. The second-order valence-corrected chi connectivity index (χ2v) is 6.51. The number of hydrogen-bond donors (Lipinski definition) is 2. The Balaban J connectivity index is 1.96. The maximum absolute atomic E-state index is 11.1. The molecule has 0 radical (unpaired) electrons. The molecule has 5 heteroatoms. The van der Waals surface area contributed by atoms with Crippen LogP contribution in [0.2, 0.25) is 0 Å². The molecule has 0 aliphatic carbocycles. The molecule has 0 bridgehead atoms. The van der Waals surface area contributed by atoms with Gasteiger partial charge >= 0.3 is 0 Å². The lowest BCUT2D eigenvalue weighted by molar-refractivity contribution is -0.114. The summed E-state index contributed by atoms with van der Waals surface area (Å²) in [6.45, 7) is 4.40. The first-order valence-corrected chi connectivity index (χ1v) is 8.06. The maximum Gasteiger partial charge on any atom is 0.221 e. The molecule has 0 saturated heterocycles. The quantitative estimate of drug-likeness (QED) is 0.841. The summed E-state index contributed by atoms with van der Waals surface area (Å²) < 4.78 is 1.08. The molecule has 0 aliphatic heterocycles. The monoisotopic (exact) mass is 352 g/mol. The summed E-state index contributed by atoms with van der Waals surface area (Å²) >= 11 is 5.08. The highest BCUT2D eigenvalue weighted by Gasteiger charge is 2.09. The van der Waals surface area contributed by atoms with E-state index in [-0.39, 0.29) is 11.9 Å². The molecule has 2 rings (SSSR count). The van der Waals surface area contributed by atoms with E-state index in [1.54, 1.807) is 11.3 Å². The summed E-state index contributed by atoms with van der Waals surface area (Å²) in [4.78, 5) is 12.3. The van der Waals surface area contributed by atoms with Crippen LogP contribution >= 0.6 is 27.3 Å².